The Morgan fingerprint density at radius 1 is 0.677 bits per heavy atom. The van der Waals surface area contributed by atoms with Crippen molar-refractivity contribution in [1.82, 2.24) is 0 Å². The van der Waals surface area contributed by atoms with Gasteiger partial charge in [-0.3, -0.25) is 0 Å². The topological polar surface area (TPSA) is 0 Å². The highest BCUT2D eigenvalue weighted by molar-refractivity contribution is 6.37. The molecule has 0 aromatic carbocycles. The van der Waals surface area contributed by atoms with Gasteiger partial charge in [0.1, 0.15) is 7.28 Å². The van der Waals surface area contributed by atoms with Gasteiger partial charge in [0.15, 0.2) is 0 Å². The van der Waals surface area contributed by atoms with E-state index in [1.165, 1.54) is 26.5 Å². The zero-order chi connectivity index (χ0) is 21.3. The Kier molecular flexibility index (Phi) is 4.22. The van der Waals surface area contributed by atoms with E-state index < -0.39 is 0 Å². The van der Waals surface area contributed by atoms with E-state index in [4.69, 9.17) is 0 Å². The molecular formula is C30H47B. The van der Waals surface area contributed by atoms with Crippen LogP contribution in [0, 0.1) is 81.8 Å². The van der Waals surface area contributed by atoms with Crippen LogP contribution < -0.4 is 0 Å². The Bertz CT molecular complexity index is 777. The summed E-state index contributed by atoms with van der Waals surface area (Å²) in [4.78, 5) is 0. The minimum atomic E-state index is 0.501. The maximum absolute atomic E-state index is 2.74. The van der Waals surface area contributed by atoms with Crippen molar-refractivity contribution in [3.63, 3.8) is 0 Å². The van der Waals surface area contributed by atoms with Crippen molar-refractivity contribution in [1.29, 1.82) is 0 Å². The molecule has 0 aromatic rings. The molecule has 0 saturated heterocycles. The summed E-state index contributed by atoms with van der Waals surface area (Å²) in [6, 6.07) is 0. The fourth-order valence-corrected chi connectivity index (χ4v) is 11.2. The Balaban J connectivity index is 1.11. The molecule has 6 fully saturated rings. The molecule has 13 unspecified atom stereocenters. The normalized spacial score (nSPS) is 56.4. The first kappa shape index (κ1) is 20.2. The molecule has 0 aromatic heterocycles. The van der Waals surface area contributed by atoms with Gasteiger partial charge in [0, 0.05) is 0 Å². The second-order valence-corrected chi connectivity index (χ2v) is 14.9. The second kappa shape index (κ2) is 6.47. The average molecular weight is 419 g/mol. The lowest BCUT2D eigenvalue weighted by molar-refractivity contribution is -0.0102. The third-order valence-corrected chi connectivity index (χ3v) is 13.7. The van der Waals surface area contributed by atoms with Crippen LogP contribution in [-0.2, 0) is 0 Å². The van der Waals surface area contributed by atoms with Gasteiger partial charge < -0.3 is 0 Å². The summed E-state index contributed by atoms with van der Waals surface area (Å²) in [5.74, 6) is 13.9. The molecule has 170 valence electrons. The van der Waals surface area contributed by atoms with Gasteiger partial charge in [0.2, 0.25) is 0 Å². The molecule has 0 amide bonds. The minimum absolute atomic E-state index is 0.501. The van der Waals surface area contributed by atoms with Crippen molar-refractivity contribution in [2.24, 2.45) is 81.8 Å². The summed E-state index contributed by atoms with van der Waals surface area (Å²) in [6.07, 6.45) is 17.6. The molecule has 13 atom stereocenters. The first-order chi connectivity index (χ1) is 14.8. The molecule has 0 N–H and O–H groups in total. The Morgan fingerprint density at radius 3 is 2.13 bits per heavy atom. The lowest BCUT2D eigenvalue weighted by atomic mass is 9.55. The van der Waals surface area contributed by atoms with Gasteiger partial charge in [-0.1, -0.05) is 58.9 Å². The van der Waals surface area contributed by atoms with Crippen molar-refractivity contribution in [2.75, 3.05) is 0 Å². The predicted octanol–water partition coefficient (Wildman–Crippen LogP) is 7.48. The van der Waals surface area contributed by atoms with E-state index in [2.05, 4.69) is 46.7 Å². The van der Waals surface area contributed by atoms with Crippen molar-refractivity contribution < 1.29 is 0 Å². The van der Waals surface area contributed by atoms with Crippen LogP contribution in [0.25, 0.3) is 0 Å². The molecule has 0 nitrogen and oxygen atoms in total. The molecule has 0 heterocycles. The van der Waals surface area contributed by atoms with E-state index in [0.717, 1.165) is 76.8 Å². The van der Waals surface area contributed by atoms with Gasteiger partial charge in [0.25, 0.3) is 0 Å². The van der Waals surface area contributed by atoms with E-state index in [0.29, 0.717) is 10.8 Å². The van der Waals surface area contributed by atoms with E-state index in [1.54, 1.807) is 32.1 Å². The van der Waals surface area contributed by atoms with Gasteiger partial charge >= 0.3 is 0 Å². The molecule has 7 aliphatic carbocycles. The van der Waals surface area contributed by atoms with Gasteiger partial charge in [-0.25, -0.2) is 0 Å². The predicted molar refractivity (Wildman–Crippen MR) is 132 cm³/mol. The lowest BCUT2D eigenvalue weighted by Crippen LogP contribution is -2.43. The summed E-state index contributed by atoms with van der Waals surface area (Å²) in [6.45, 7) is 13.4. The highest BCUT2D eigenvalue weighted by Gasteiger charge is 2.68. The number of hydrogen-bond acceptors (Lipinski definition) is 0. The van der Waals surface area contributed by atoms with Crippen molar-refractivity contribution in [2.45, 2.75) is 91.7 Å². The standard InChI is InChI=1S/C30H47B/c1-29(2,25-13-21(25)19-10-9-16-7-6-8-18(16)19)30(3,4)26-14-23(22-15-27(22)31-5)28-20-11-17(20)12-24(26)28/h6,8,16-28,31H,7,9-15H2,1-5H3. The average Bonchev–Trinajstić information content (AvgIpc) is 3.66. The SMILES string of the molecule is CBC1CC1C1CC(C(C)(C)C(C)(C)C2CC2C2CCC3CC=CC32)C2CC3CC3C12. The third-order valence-electron chi connectivity index (χ3n) is 13.7. The molecule has 0 aliphatic heterocycles. The number of hydrogen-bond donors (Lipinski definition) is 0. The van der Waals surface area contributed by atoms with Gasteiger partial charge in [0.05, 0.1) is 0 Å². The van der Waals surface area contributed by atoms with E-state index in [-0.39, 0.29) is 0 Å². The highest BCUT2D eigenvalue weighted by Crippen LogP contribution is 2.75. The maximum atomic E-state index is 2.74. The fourth-order valence-electron chi connectivity index (χ4n) is 11.2. The molecule has 0 spiro atoms. The van der Waals surface area contributed by atoms with Crippen LogP contribution in [0.2, 0.25) is 12.6 Å². The molecule has 7 rings (SSSR count). The Morgan fingerprint density at radius 2 is 1.39 bits per heavy atom. The molecule has 0 bridgehead atoms. The smallest absolute Gasteiger partial charge is 0.0891 e. The van der Waals surface area contributed by atoms with Gasteiger partial charge in [-0.15, -0.1) is 0 Å². The Hall–Kier alpha value is -0.195. The second-order valence-electron chi connectivity index (χ2n) is 14.9. The van der Waals surface area contributed by atoms with Crippen LogP contribution in [0.4, 0.5) is 0 Å². The minimum Gasteiger partial charge on any atom is -0.0891 e. The quantitative estimate of drug-likeness (QED) is 0.310. The molecular weight excluding hydrogens is 371 g/mol. The molecule has 0 radical (unpaired) electrons. The Labute approximate surface area is 193 Å². The fraction of sp³-hybridized carbons (Fsp3) is 0.933. The maximum Gasteiger partial charge on any atom is 0.121 e. The lowest BCUT2D eigenvalue weighted by Gasteiger charge is -2.49. The van der Waals surface area contributed by atoms with Crippen molar-refractivity contribution >= 4 is 7.28 Å². The molecule has 7 aliphatic rings. The van der Waals surface area contributed by atoms with E-state index >= 15 is 0 Å². The summed E-state index contributed by atoms with van der Waals surface area (Å²) in [5.41, 5.74) is 1.00. The highest BCUT2D eigenvalue weighted by atomic mass is 14.7. The summed E-state index contributed by atoms with van der Waals surface area (Å²) in [5, 5.41) is 0. The van der Waals surface area contributed by atoms with Crippen molar-refractivity contribution in [3.05, 3.63) is 12.2 Å². The zero-order valence-electron chi connectivity index (χ0n) is 21.0. The number of rotatable bonds is 6. The van der Waals surface area contributed by atoms with Crippen LogP contribution in [0.15, 0.2) is 12.2 Å². The van der Waals surface area contributed by atoms with Crippen LogP contribution in [-0.4, -0.2) is 7.28 Å². The van der Waals surface area contributed by atoms with Gasteiger partial charge in [-0.05, 0) is 127 Å². The molecule has 31 heavy (non-hydrogen) atoms. The molecule has 6 saturated carbocycles. The van der Waals surface area contributed by atoms with Crippen LogP contribution in [0.5, 0.6) is 0 Å². The van der Waals surface area contributed by atoms with E-state index in [9.17, 15) is 0 Å². The zero-order valence-corrected chi connectivity index (χ0v) is 21.0. The van der Waals surface area contributed by atoms with E-state index in [1.807, 2.05) is 0 Å². The monoisotopic (exact) mass is 418 g/mol. The van der Waals surface area contributed by atoms with Crippen LogP contribution in [0.1, 0.15) is 79.1 Å². The van der Waals surface area contributed by atoms with Crippen molar-refractivity contribution in [3.8, 4) is 0 Å². The third kappa shape index (κ3) is 2.73. The largest absolute Gasteiger partial charge is 0.121 e. The molecule has 1 heteroatoms. The first-order valence-electron chi connectivity index (χ1n) is 14.5. The summed E-state index contributed by atoms with van der Waals surface area (Å²) in [7, 11) is 1.45. The summed E-state index contributed by atoms with van der Waals surface area (Å²) < 4.78 is 0. The number of allylic oxidation sites excluding steroid dienone is 2. The first-order valence-corrected chi connectivity index (χ1v) is 14.5. The summed E-state index contributed by atoms with van der Waals surface area (Å²) >= 11 is 0. The number of fused-ring (bicyclic) bond motifs is 4. The van der Waals surface area contributed by atoms with Crippen LogP contribution in [0.3, 0.4) is 0 Å². The van der Waals surface area contributed by atoms with Crippen LogP contribution >= 0.6 is 0 Å². The van der Waals surface area contributed by atoms with Gasteiger partial charge in [-0.2, -0.15) is 0 Å².